The van der Waals surface area contributed by atoms with E-state index in [1.807, 2.05) is 13.8 Å². The number of benzene rings is 1. The van der Waals surface area contributed by atoms with Crippen molar-refractivity contribution < 1.29 is 9.90 Å². The number of aromatic hydroxyl groups is 1. The van der Waals surface area contributed by atoms with Gasteiger partial charge in [-0.15, -0.1) is 0 Å². The van der Waals surface area contributed by atoms with E-state index in [4.69, 9.17) is 5.73 Å². The van der Waals surface area contributed by atoms with Crippen LogP contribution in [0.1, 0.15) is 11.1 Å². The highest BCUT2D eigenvalue weighted by molar-refractivity contribution is 5.92. The number of phenolic OH excluding ortho intramolecular Hbond substituents is 1. The number of phenols is 1. The predicted molar refractivity (Wildman–Crippen MR) is 72.8 cm³/mol. The molecule has 0 fully saturated rings. The summed E-state index contributed by atoms with van der Waals surface area (Å²) in [5, 5.41) is 16.3. The number of amides is 1. The van der Waals surface area contributed by atoms with Crippen LogP contribution in [0.5, 0.6) is 5.75 Å². The Hall–Kier alpha value is -2.50. The number of aromatic nitrogens is 2. The van der Waals surface area contributed by atoms with E-state index in [0.717, 1.165) is 11.1 Å². The van der Waals surface area contributed by atoms with E-state index in [-0.39, 0.29) is 18.2 Å². The molecule has 0 saturated heterocycles. The molecule has 2 rings (SSSR count). The third-order valence-corrected chi connectivity index (χ3v) is 2.71. The van der Waals surface area contributed by atoms with Gasteiger partial charge < -0.3 is 16.2 Å². The number of anilines is 2. The topological polar surface area (TPSA) is 93.2 Å². The van der Waals surface area contributed by atoms with Crippen molar-refractivity contribution in [2.75, 3.05) is 11.1 Å². The van der Waals surface area contributed by atoms with Crippen molar-refractivity contribution in [1.82, 2.24) is 9.78 Å². The third-order valence-electron chi connectivity index (χ3n) is 2.71. The molecule has 0 aliphatic carbocycles. The molecule has 0 spiro atoms. The zero-order chi connectivity index (χ0) is 14.0. The molecule has 0 aliphatic rings. The molecule has 0 atom stereocenters. The number of hydrogen-bond donors (Lipinski definition) is 3. The molecule has 1 heterocycles. The summed E-state index contributed by atoms with van der Waals surface area (Å²) >= 11 is 0. The van der Waals surface area contributed by atoms with Crippen molar-refractivity contribution in [1.29, 1.82) is 0 Å². The largest absolute Gasteiger partial charge is 0.506 e. The summed E-state index contributed by atoms with van der Waals surface area (Å²) in [6, 6.07) is 5.01. The van der Waals surface area contributed by atoms with Crippen molar-refractivity contribution in [3.63, 3.8) is 0 Å². The van der Waals surface area contributed by atoms with Gasteiger partial charge in [-0.2, -0.15) is 5.10 Å². The highest BCUT2D eigenvalue weighted by Gasteiger charge is 2.09. The molecule has 1 aromatic carbocycles. The van der Waals surface area contributed by atoms with Gasteiger partial charge in [-0.05, 0) is 31.5 Å². The highest BCUT2D eigenvalue weighted by Crippen LogP contribution is 2.23. The molecular weight excluding hydrogens is 244 g/mol. The van der Waals surface area contributed by atoms with Gasteiger partial charge in [-0.3, -0.25) is 9.48 Å². The summed E-state index contributed by atoms with van der Waals surface area (Å²) in [5.74, 6) is 0.171. The number of nitrogen functional groups attached to an aromatic ring is 1. The predicted octanol–water partition coefficient (Wildman–Crippen LogP) is 1.43. The molecule has 0 unspecified atom stereocenters. The van der Waals surface area contributed by atoms with E-state index in [0.29, 0.717) is 11.5 Å². The van der Waals surface area contributed by atoms with Crippen molar-refractivity contribution >= 4 is 17.4 Å². The maximum absolute atomic E-state index is 11.8. The Kier molecular flexibility index (Phi) is 3.41. The number of carbonyl (C=O) groups excluding carboxylic acids is 1. The van der Waals surface area contributed by atoms with Crippen LogP contribution in [-0.2, 0) is 11.3 Å². The summed E-state index contributed by atoms with van der Waals surface area (Å²) in [4.78, 5) is 11.8. The number of nitrogens with one attached hydrogen (secondary N) is 1. The maximum atomic E-state index is 11.8. The Balaban J connectivity index is 2.07. The van der Waals surface area contributed by atoms with Crippen molar-refractivity contribution in [3.05, 3.63) is 35.5 Å². The van der Waals surface area contributed by atoms with Crippen LogP contribution in [0.15, 0.2) is 24.4 Å². The number of aryl methyl sites for hydroxylation is 2. The minimum atomic E-state index is -0.275. The van der Waals surface area contributed by atoms with Crippen molar-refractivity contribution in [2.24, 2.45) is 0 Å². The number of hydrogen-bond acceptors (Lipinski definition) is 4. The van der Waals surface area contributed by atoms with Crippen LogP contribution in [0.4, 0.5) is 11.5 Å². The molecule has 0 radical (unpaired) electrons. The monoisotopic (exact) mass is 260 g/mol. The average Bonchev–Trinajstić information content (AvgIpc) is 2.63. The maximum Gasteiger partial charge on any atom is 0.246 e. The Labute approximate surface area is 110 Å². The minimum Gasteiger partial charge on any atom is -0.506 e. The molecule has 4 N–H and O–H groups in total. The summed E-state index contributed by atoms with van der Waals surface area (Å²) in [7, 11) is 0. The zero-order valence-electron chi connectivity index (χ0n) is 10.8. The second-order valence-electron chi connectivity index (χ2n) is 4.46. The van der Waals surface area contributed by atoms with Crippen LogP contribution in [0.25, 0.3) is 0 Å². The van der Waals surface area contributed by atoms with Crippen LogP contribution >= 0.6 is 0 Å². The second-order valence-corrected chi connectivity index (χ2v) is 4.46. The molecule has 0 saturated carbocycles. The van der Waals surface area contributed by atoms with E-state index in [9.17, 15) is 9.90 Å². The second kappa shape index (κ2) is 5.01. The Bertz CT molecular complexity index is 600. The molecule has 6 heteroatoms. The zero-order valence-corrected chi connectivity index (χ0v) is 10.8. The lowest BCUT2D eigenvalue weighted by Crippen LogP contribution is -2.19. The summed E-state index contributed by atoms with van der Waals surface area (Å²) in [6.45, 7) is 3.75. The van der Waals surface area contributed by atoms with E-state index in [1.165, 1.54) is 4.68 Å². The molecule has 0 bridgehead atoms. The van der Waals surface area contributed by atoms with E-state index >= 15 is 0 Å². The first kappa shape index (κ1) is 12.9. The quantitative estimate of drug-likeness (QED) is 0.728. The molecule has 100 valence electrons. The number of rotatable bonds is 3. The first-order valence-corrected chi connectivity index (χ1v) is 5.84. The molecule has 1 amide bonds. The SMILES string of the molecule is Cc1ccc(O)c(NC(=O)Cn2cc(C)c(N)n2)c1. The van der Waals surface area contributed by atoms with Crippen LogP contribution in [0, 0.1) is 13.8 Å². The summed E-state index contributed by atoms with van der Waals surface area (Å²) < 4.78 is 1.47. The average molecular weight is 260 g/mol. The van der Waals surface area contributed by atoms with E-state index in [1.54, 1.807) is 24.4 Å². The number of nitrogens with two attached hydrogens (primary N) is 1. The fourth-order valence-corrected chi connectivity index (χ4v) is 1.70. The van der Waals surface area contributed by atoms with E-state index in [2.05, 4.69) is 10.4 Å². The van der Waals surface area contributed by atoms with Gasteiger partial charge in [-0.1, -0.05) is 6.07 Å². The van der Waals surface area contributed by atoms with Gasteiger partial charge in [0.05, 0.1) is 5.69 Å². The Morgan fingerprint density at radius 1 is 1.47 bits per heavy atom. The molecule has 1 aromatic heterocycles. The first-order chi connectivity index (χ1) is 8.95. The lowest BCUT2D eigenvalue weighted by Gasteiger charge is -2.08. The molecule has 6 nitrogen and oxygen atoms in total. The standard InChI is InChI=1S/C13H16N4O2/c1-8-3-4-11(18)10(5-8)15-12(19)7-17-6-9(2)13(14)16-17/h3-6,18H,7H2,1-2H3,(H2,14,16)(H,15,19). The normalized spacial score (nSPS) is 10.4. The molecule has 0 aliphatic heterocycles. The lowest BCUT2D eigenvalue weighted by atomic mass is 10.2. The molecule has 2 aromatic rings. The number of nitrogens with zero attached hydrogens (tertiary/aromatic N) is 2. The minimum absolute atomic E-state index is 0.0371. The van der Waals surface area contributed by atoms with Crippen LogP contribution < -0.4 is 11.1 Å². The summed E-state index contributed by atoms with van der Waals surface area (Å²) in [5.41, 5.74) is 7.78. The summed E-state index contributed by atoms with van der Waals surface area (Å²) in [6.07, 6.45) is 1.70. The van der Waals surface area contributed by atoms with Gasteiger partial charge in [0.2, 0.25) is 5.91 Å². The first-order valence-electron chi connectivity index (χ1n) is 5.84. The van der Waals surface area contributed by atoms with Crippen LogP contribution in [0.3, 0.4) is 0 Å². The van der Waals surface area contributed by atoms with Gasteiger partial charge in [0.25, 0.3) is 0 Å². The fourth-order valence-electron chi connectivity index (χ4n) is 1.70. The van der Waals surface area contributed by atoms with Gasteiger partial charge in [-0.25, -0.2) is 0 Å². The highest BCUT2D eigenvalue weighted by atomic mass is 16.3. The van der Waals surface area contributed by atoms with E-state index < -0.39 is 0 Å². The fraction of sp³-hybridized carbons (Fsp3) is 0.231. The van der Waals surface area contributed by atoms with Gasteiger partial charge in [0.1, 0.15) is 18.1 Å². The van der Waals surface area contributed by atoms with Gasteiger partial charge in [0, 0.05) is 11.8 Å². The molecule has 19 heavy (non-hydrogen) atoms. The van der Waals surface area contributed by atoms with Gasteiger partial charge in [0.15, 0.2) is 0 Å². The van der Waals surface area contributed by atoms with Crippen LogP contribution in [-0.4, -0.2) is 20.8 Å². The van der Waals surface area contributed by atoms with Gasteiger partial charge >= 0.3 is 0 Å². The van der Waals surface area contributed by atoms with Crippen molar-refractivity contribution in [3.8, 4) is 5.75 Å². The smallest absolute Gasteiger partial charge is 0.246 e. The third kappa shape index (κ3) is 3.04. The number of carbonyl (C=O) groups is 1. The lowest BCUT2D eigenvalue weighted by molar-refractivity contribution is -0.116. The Morgan fingerprint density at radius 3 is 2.84 bits per heavy atom. The van der Waals surface area contributed by atoms with Crippen molar-refractivity contribution in [2.45, 2.75) is 20.4 Å². The Morgan fingerprint density at radius 2 is 2.21 bits per heavy atom. The van der Waals surface area contributed by atoms with Crippen LogP contribution in [0.2, 0.25) is 0 Å². The molecular formula is C13H16N4O2.